The van der Waals surface area contributed by atoms with Crippen LogP contribution in [0.1, 0.15) is 14.5 Å². The Balaban J connectivity index is 2.15. The molecule has 0 aliphatic carbocycles. The monoisotopic (exact) mass is 282 g/mol. The van der Waals surface area contributed by atoms with Gasteiger partial charge in [0.2, 0.25) is 0 Å². The van der Waals surface area contributed by atoms with Gasteiger partial charge in [-0.25, -0.2) is 9.97 Å². The quantitative estimate of drug-likeness (QED) is 0.557. The summed E-state index contributed by atoms with van der Waals surface area (Å²) in [5.74, 6) is 0.153. The molecule has 0 saturated carbocycles. The van der Waals surface area contributed by atoms with E-state index in [0.717, 1.165) is 0 Å². The van der Waals surface area contributed by atoms with Crippen LogP contribution in [-0.4, -0.2) is 54.3 Å². The molecule has 8 nitrogen and oxygen atoms in total. The normalized spacial score (nSPS) is 34.6. The van der Waals surface area contributed by atoms with Crippen molar-refractivity contribution in [1.82, 2.24) is 14.5 Å². The number of ether oxygens (including phenoxy) is 1. The molecule has 0 amide bonds. The van der Waals surface area contributed by atoms with E-state index >= 15 is 0 Å². The lowest BCUT2D eigenvalue weighted by atomic mass is 9.96. The minimum Gasteiger partial charge on any atom is -0.394 e. The lowest BCUT2D eigenvalue weighted by Gasteiger charge is -2.27. The first-order chi connectivity index (χ1) is 9.87. The van der Waals surface area contributed by atoms with Gasteiger partial charge in [-0.15, -0.1) is 0 Å². The molecule has 2 aromatic rings. The van der Waals surface area contributed by atoms with E-state index in [1.807, 2.05) is 0 Å². The minimum atomic E-state index is -1.65. The van der Waals surface area contributed by atoms with E-state index in [-0.39, 0.29) is 11.9 Å². The van der Waals surface area contributed by atoms with Gasteiger partial charge in [0.25, 0.3) is 0 Å². The number of nitrogens with two attached hydrogens (primary N) is 1. The Bertz CT molecular complexity index is 689. The lowest BCUT2D eigenvalue weighted by molar-refractivity contribution is -0.0948. The van der Waals surface area contributed by atoms with E-state index in [2.05, 4.69) is 9.97 Å². The summed E-state index contributed by atoms with van der Waals surface area (Å²) in [4.78, 5) is 7.90. The molecule has 0 spiro atoms. The average Bonchev–Trinajstić information content (AvgIpc) is 2.87. The van der Waals surface area contributed by atoms with Crippen molar-refractivity contribution < 1.29 is 21.4 Å². The predicted molar refractivity (Wildman–Crippen MR) is 69.6 cm³/mol. The van der Waals surface area contributed by atoms with Gasteiger partial charge in [-0.1, -0.05) is 0 Å². The van der Waals surface area contributed by atoms with Gasteiger partial charge >= 0.3 is 0 Å². The van der Waals surface area contributed by atoms with Crippen molar-refractivity contribution in [1.29, 1.82) is 0 Å². The van der Waals surface area contributed by atoms with Crippen LogP contribution in [0.25, 0.3) is 11.0 Å². The molecule has 1 saturated heterocycles. The minimum absolute atomic E-state index is 0.0874. The van der Waals surface area contributed by atoms with E-state index in [1.165, 1.54) is 24.0 Å². The van der Waals surface area contributed by atoms with Crippen LogP contribution in [0.4, 0.5) is 5.82 Å². The van der Waals surface area contributed by atoms with Gasteiger partial charge in [0.05, 0.1) is 13.4 Å². The van der Waals surface area contributed by atoms with Crippen LogP contribution in [0.5, 0.6) is 0 Å². The SMILES string of the molecule is [3H]c1cn(C2OC(CO)C(O)C2(C)O)c2ncnc(N)c12. The number of hydrogen-bond acceptors (Lipinski definition) is 7. The zero-order chi connectivity index (χ0) is 15.4. The van der Waals surface area contributed by atoms with Crippen molar-refractivity contribution >= 4 is 16.9 Å². The fraction of sp³-hybridized carbons (Fsp3) is 0.500. The number of aliphatic hydroxyl groups excluding tert-OH is 2. The second-order valence-electron chi connectivity index (χ2n) is 5.02. The van der Waals surface area contributed by atoms with Crippen molar-refractivity contribution in [3.05, 3.63) is 18.6 Å². The molecule has 3 heterocycles. The molecule has 20 heavy (non-hydrogen) atoms. The van der Waals surface area contributed by atoms with Gasteiger partial charge in [0.1, 0.15) is 35.6 Å². The maximum Gasteiger partial charge on any atom is 0.167 e. The highest BCUT2D eigenvalue weighted by atomic mass is 16.6. The van der Waals surface area contributed by atoms with Gasteiger partial charge in [-0.05, 0) is 13.0 Å². The van der Waals surface area contributed by atoms with Crippen LogP contribution >= 0.6 is 0 Å². The van der Waals surface area contributed by atoms with Gasteiger partial charge in [-0.3, -0.25) is 0 Å². The summed E-state index contributed by atoms with van der Waals surface area (Å²) in [6, 6.07) is 0.0874. The van der Waals surface area contributed by atoms with E-state index in [1.54, 1.807) is 0 Å². The van der Waals surface area contributed by atoms with Crippen LogP contribution in [0.3, 0.4) is 0 Å². The number of aromatic nitrogens is 3. The maximum atomic E-state index is 10.5. The summed E-state index contributed by atoms with van der Waals surface area (Å²) < 4.78 is 14.9. The summed E-state index contributed by atoms with van der Waals surface area (Å²) in [5, 5.41) is 30.1. The number of nitrogen functional groups attached to an aromatic ring is 1. The lowest BCUT2D eigenvalue weighted by Crippen LogP contribution is -2.44. The molecule has 108 valence electrons. The molecular formula is C12H16N4O4. The van der Waals surface area contributed by atoms with Crippen LogP contribution in [0.15, 0.2) is 18.6 Å². The molecule has 0 radical (unpaired) electrons. The number of fused-ring (bicyclic) bond motifs is 1. The fourth-order valence-electron chi connectivity index (χ4n) is 2.49. The summed E-state index contributed by atoms with van der Waals surface area (Å²) in [5.41, 5.74) is 4.42. The highest BCUT2D eigenvalue weighted by molar-refractivity contribution is 5.86. The van der Waals surface area contributed by atoms with Crippen LogP contribution in [-0.2, 0) is 4.74 Å². The summed E-state index contributed by atoms with van der Waals surface area (Å²) in [7, 11) is 0. The molecule has 2 aromatic heterocycles. The second kappa shape index (κ2) is 4.38. The Morgan fingerprint density at radius 1 is 1.60 bits per heavy atom. The predicted octanol–water partition coefficient (Wildman–Crippen LogP) is -0.985. The van der Waals surface area contributed by atoms with Gasteiger partial charge in [0.15, 0.2) is 6.23 Å². The highest BCUT2D eigenvalue weighted by Crippen LogP contribution is 2.39. The Morgan fingerprint density at radius 3 is 3.00 bits per heavy atom. The molecule has 5 N–H and O–H groups in total. The van der Waals surface area contributed by atoms with Gasteiger partial charge in [0, 0.05) is 6.20 Å². The Morgan fingerprint density at radius 2 is 2.35 bits per heavy atom. The van der Waals surface area contributed by atoms with E-state index in [4.69, 9.17) is 11.8 Å². The molecule has 4 atom stereocenters. The van der Waals surface area contributed by atoms with E-state index in [0.29, 0.717) is 11.0 Å². The average molecular weight is 282 g/mol. The molecule has 0 bridgehead atoms. The molecule has 1 fully saturated rings. The summed E-state index contributed by atoms with van der Waals surface area (Å²) in [6.45, 7) is 0.968. The second-order valence-corrected chi connectivity index (χ2v) is 5.02. The first-order valence-corrected chi connectivity index (χ1v) is 6.12. The number of hydrogen-bond donors (Lipinski definition) is 4. The summed E-state index contributed by atoms with van der Waals surface area (Å²) in [6.07, 6.45) is -0.534. The molecule has 1 aliphatic rings. The van der Waals surface area contributed by atoms with Crippen molar-refractivity contribution in [2.24, 2.45) is 0 Å². The van der Waals surface area contributed by atoms with Gasteiger partial charge in [-0.2, -0.15) is 0 Å². The molecule has 0 aromatic carbocycles. The molecule has 3 rings (SSSR count). The van der Waals surface area contributed by atoms with Gasteiger partial charge < -0.3 is 30.4 Å². The number of nitrogens with zero attached hydrogens (tertiary/aromatic N) is 3. The third-order valence-corrected chi connectivity index (χ3v) is 3.64. The Kier molecular flexibility index (Phi) is 2.64. The fourth-order valence-corrected chi connectivity index (χ4v) is 2.49. The maximum absolute atomic E-state index is 10.5. The van der Waals surface area contributed by atoms with Crippen LogP contribution in [0, 0.1) is 0 Å². The number of aliphatic hydroxyl groups is 3. The zero-order valence-corrected chi connectivity index (χ0v) is 10.8. The molecular weight excluding hydrogens is 264 g/mol. The topological polar surface area (TPSA) is 127 Å². The first kappa shape index (κ1) is 12.0. The Labute approximate surface area is 115 Å². The third kappa shape index (κ3) is 1.70. The highest BCUT2D eigenvalue weighted by Gasteiger charge is 2.53. The van der Waals surface area contributed by atoms with E-state index < -0.39 is 30.6 Å². The molecule has 8 heteroatoms. The largest absolute Gasteiger partial charge is 0.394 e. The zero-order valence-electron chi connectivity index (χ0n) is 11.8. The first-order valence-electron chi connectivity index (χ1n) is 6.62. The van der Waals surface area contributed by atoms with Crippen LogP contribution < -0.4 is 5.73 Å². The molecule has 1 aliphatic heterocycles. The Hall–Kier alpha value is -1.74. The van der Waals surface area contributed by atoms with Crippen molar-refractivity contribution in [2.75, 3.05) is 12.3 Å². The summed E-state index contributed by atoms with van der Waals surface area (Å²) >= 11 is 0. The van der Waals surface area contributed by atoms with Crippen LogP contribution in [0.2, 0.25) is 0 Å². The standard InChI is InChI=1S/C12H16N4O4/c1-12(19)8(18)7(4-17)20-11(12)16-3-2-6-9(13)14-5-15-10(6)16/h2-3,5,7-8,11,17-19H,4H2,1H3,(H2,13,14,15)/i2T. The van der Waals surface area contributed by atoms with Crippen molar-refractivity contribution in [3.63, 3.8) is 0 Å². The number of rotatable bonds is 2. The molecule has 4 unspecified atom stereocenters. The van der Waals surface area contributed by atoms with E-state index in [9.17, 15) is 15.3 Å². The third-order valence-electron chi connectivity index (χ3n) is 3.64. The van der Waals surface area contributed by atoms with Crippen molar-refractivity contribution in [2.45, 2.75) is 31.0 Å². The van der Waals surface area contributed by atoms with Crippen molar-refractivity contribution in [3.8, 4) is 0 Å². The number of anilines is 1. The smallest absolute Gasteiger partial charge is 0.167 e.